The molecular weight excluding hydrogens is 332 g/mol. The Morgan fingerprint density at radius 1 is 1.25 bits per heavy atom. The zero-order valence-electron chi connectivity index (χ0n) is 14.3. The molecule has 0 saturated carbocycles. The second-order valence-corrected chi connectivity index (χ2v) is 7.01. The molecule has 1 aromatic heterocycles. The number of nitrogens with zero attached hydrogens (tertiary/aromatic N) is 3. The maximum Gasteiger partial charge on any atom is 0.321 e. The first kappa shape index (κ1) is 19.9. The van der Waals surface area contributed by atoms with E-state index in [1.54, 1.807) is 6.92 Å². The van der Waals surface area contributed by atoms with Crippen molar-refractivity contribution < 1.29 is 14.4 Å². The molecule has 0 radical (unpaired) electrons. The predicted octanol–water partition coefficient (Wildman–Crippen LogP) is 0.288. The third kappa shape index (κ3) is 6.19. The largest absolute Gasteiger partial charge is 0.370 e. The number of carbonyl (C=O) groups excluding carboxylic acids is 3. The van der Waals surface area contributed by atoms with Crippen molar-refractivity contribution in [1.82, 2.24) is 25.4 Å². The van der Waals surface area contributed by atoms with Crippen LogP contribution in [0.1, 0.15) is 33.0 Å². The molecule has 1 unspecified atom stereocenters. The molecule has 0 aromatic carbocycles. The summed E-state index contributed by atoms with van der Waals surface area (Å²) in [4.78, 5) is 34.2. The number of amides is 4. The molecule has 0 saturated heterocycles. The van der Waals surface area contributed by atoms with Crippen molar-refractivity contribution in [2.45, 2.75) is 50.6 Å². The molecule has 0 aliphatic heterocycles. The summed E-state index contributed by atoms with van der Waals surface area (Å²) in [7, 11) is 1.44. The maximum absolute atomic E-state index is 12.0. The molecule has 1 rings (SSSR count). The molecule has 4 amide bonds. The number of rotatable bonds is 8. The van der Waals surface area contributed by atoms with E-state index in [1.807, 2.05) is 18.4 Å². The van der Waals surface area contributed by atoms with Crippen molar-refractivity contribution in [3.8, 4) is 0 Å². The van der Waals surface area contributed by atoms with Gasteiger partial charge in [0.2, 0.25) is 11.8 Å². The summed E-state index contributed by atoms with van der Waals surface area (Å²) in [6, 6.07) is -0.557. The average Bonchev–Trinajstić information content (AvgIpc) is 2.86. The molecule has 0 bridgehead atoms. The van der Waals surface area contributed by atoms with Crippen molar-refractivity contribution in [2.75, 3.05) is 7.05 Å². The van der Waals surface area contributed by atoms with E-state index in [-0.39, 0.29) is 6.42 Å². The highest BCUT2D eigenvalue weighted by molar-refractivity contribution is 8.00. The number of carbonyl (C=O) groups is 3. The number of hydrogen-bond acceptors (Lipinski definition) is 6. The van der Waals surface area contributed by atoms with Gasteiger partial charge in [-0.1, -0.05) is 25.6 Å². The topological polar surface area (TPSA) is 132 Å². The predicted molar refractivity (Wildman–Crippen MR) is 90.3 cm³/mol. The first-order valence-corrected chi connectivity index (χ1v) is 8.52. The van der Waals surface area contributed by atoms with Crippen LogP contribution in [-0.2, 0) is 22.6 Å². The summed E-state index contributed by atoms with van der Waals surface area (Å²) in [5.74, 6) is 0.172. The van der Waals surface area contributed by atoms with E-state index < -0.39 is 23.1 Å². The fraction of sp³-hybridized carbons (Fsp3) is 0.643. The minimum atomic E-state index is -0.557. The molecule has 0 aliphatic rings. The van der Waals surface area contributed by atoms with Crippen LogP contribution < -0.4 is 16.4 Å². The van der Waals surface area contributed by atoms with Crippen molar-refractivity contribution in [2.24, 2.45) is 11.7 Å². The van der Waals surface area contributed by atoms with E-state index in [2.05, 4.69) is 20.8 Å². The van der Waals surface area contributed by atoms with Crippen LogP contribution in [0.5, 0.6) is 0 Å². The lowest BCUT2D eigenvalue weighted by Crippen LogP contribution is -2.41. The molecule has 1 aromatic rings. The first-order valence-electron chi connectivity index (χ1n) is 7.64. The lowest BCUT2D eigenvalue weighted by Gasteiger charge is -2.14. The van der Waals surface area contributed by atoms with Gasteiger partial charge in [0.05, 0.1) is 5.25 Å². The Balaban J connectivity index is 2.87. The molecule has 0 spiro atoms. The summed E-state index contributed by atoms with van der Waals surface area (Å²) < 4.78 is 1.89. The van der Waals surface area contributed by atoms with Gasteiger partial charge in [-0.15, -0.1) is 10.2 Å². The van der Waals surface area contributed by atoms with E-state index in [0.29, 0.717) is 29.9 Å². The normalized spacial score (nSPS) is 12.0. The maximum atomic E-state index is 12.0. The molecule has 4 N–H and O–H groups in total. The highest BCUT2D eigenvalue weighted by Gasteiger charge is 2.21. The Morgan fingerprint density at radius 3 is 2.46 bits per heavy atom. The van der Waals surface area contributed by atoms with Crippen LogP contribution in [0.4, 0.5) is 4.79 Å². The second kappa shape index (κ2) is 9.26. The van der Waals surface area contributed by atoms with E-state index in [1.165, 1.54) is 18.8 Å². The monoisotopic (exact) mass is 356 g/mol. The van der Waals surface area contributed by atoms with E-state index in [4.69, 9.17) is 5.73 Å². The van der Waals surface area contributed by atoms with Crippen LogP contribution in [-0.4, -0.2) is 44.9 Å². The van der Waals surface area contributed by atoms with Gasteiger partial charge >= 0.3 is 6.03 Å². The second-order valence-electron chi connectivity index (χ2n) is 5.70. The van der Waals surface area contributed by atoms with E-state index in [0.717, 1.165) is 0 Å². The molecule has 10 heteroatoms. The summed E-state index contributed by atoms with van der Waals surface area (Å²) in [5.41, 5.74) is 5.19. The highest BCUT2D eigenvalue weighted by Crippen LogP contribution is 2.24. The Bertz CT molecular complexity index is 601. The molecule has 1 atom stereocenters. The van der Waals surface area contributed by atoms with Gasteiger partial charge in [-0.3, -0.25) is 14.9 Å². The Morgan fingerprint density at radius 2 is 1.92 bits per heavy atom. The Kier molecular flexibility index (Phi) is 7.69. The molecule has 9 nitrogen and oxygen atoms in total. The highest BCUT2D eigenvalue weighted by atomic mass is 32.2. The molecular formula is C14H24N6O3S. The van der Waals surface area contributed by atoms with Crippen molar-refractivity contribution >= 4 is 29.6 Å². The van der Waals surface area contributed by atoms with Crippen LogP contribution in [0.3, 0.4) is 0 Å². The number of aromatic nitrogens is 3. The number of nitrogens with one attached hydrogen (secondary N) is 2. The van der Waals surface area contributed by atoms with Crippen molar-refractivity contribution in [3.63, 3.8) is 0 Å². The average molecular weight is 356 g/mol. The van der Waals surface area contributed by atoms with E-state index >= 15 is 0 Å². The zero-order chi connectivity index (χ0) is 18.3. The van der Waals surface area contributed by atoms with Crippen LogP contribution in [0.15, 0.2) is 5.16 Å². The zero-order valence-corrected chi connectivity index (χ0v) is 15.1. The summed E-state index contributed by atoms with van der Waals surface area (Å²) in [5, 5.41) is 12.8. The molecule has 1 heterocycles. The van der Waals surface area contributed by atoms with E-state index in [9.17, 15) is 14.4 Å². The number of thioether (sulfide) groups is 1. The summed E-state index contributed by atoms with van der Waals surface area (Å²) >= 11 is 1.21. The SMILES string of the molecule is CNC(=O)NC(=O)C(C)Sc1nnc(CCC(N)=O)n1CC(C)C. The van der Waals surface area contributed by atoms with Gasteiger partial charge in [0.1, 0.15) is 5.82 Å². The smallest absolute Gasteiger partial charge is 0.321 e. The van der Waals surface area contributed by atoms with Crippen LogP contribution in [0.25, 0.3) is 0 Å². The number of hydrogen-bond donors (Lipinski definition) is 3. The van der Waals surface area contributed by atoms with Gasteiger partial charge in [0, 0.05) is 26.4 Å². The number of aryl methyl sites for hydroxylation is 1. The molecule has 0 aliphatic carbocycles. The van der Waals surface area contributed by atoms with Gasteiger partial charge in [0.25, 0.3) is 0 Å². The summed E-state index contributed by atoms with van der Waals surface area (Å²) in [6.45, 7) is 6.44. The van der Waals surface area contributed by atoms with Crippen molar-refractivity contribution in [1.29, 1.82) is 0 Å². The van der Waals surface area contributed by atoms with Gasteiger partial charge in [0.15, 0.2) is 5.16 Å². The third-order valence-corrected chi connectivity index (χ3v) is 4.13. The Hall–Kier alpha value is -2.10. The third-order valence-electron chi connectivity index (χ3n) is 3.05. The quantitative estimate of drug-likeness (QED) is 0.574. The minimum absolute atomic E-state index is 0.188. The standard InChI is InChI=1S/C14H24N6O3S/c1-8(2)7-20-11(6-5-10(15)21)18-19-14(20)24-9(3)12(22)17-13(23)16-4/h8-9H,5-7H2,1-4H3,(H2,15,21)(H2,16,17,22,23). The van der Waals surface area contributed by atoms with Gasteiger partial charge < -0.3 is 15.6 Å². The number of urea groups is 1. The minimum Gasteiger partial charge on any atom is -0.370 e. The van der Waals surface area contributed by atoms with Crippen LogP contribution in [0.2, 0.25) is 0 Å². The fourth-order valence-corrected chi connectivity index (χ4v) is 2.74. The van der Waals surface area contributed by atoms with Gasteiger partial charge in [-0.2, -0.15) is 0 Å². The summed E-state index contributed by atoms with van der Waals surface area (Å²) in [6.07, 6.45) is 0.585. The fourth-order valence-electron chi connectivity index (χ4n) is 1.86. The number of primary amides is 1. The first-order chi connectivity index (χ1) is 11.2. The molecule has 0 fully saturated rings. The van der Waals surface area contributed by atoms with Crippen molar-refractivity contribution in [3.05, 3.63) is 5.82 Å². The molecule has 24 heavy (non-hydrogen) atoms. The van der Waals surface area contributed by atoms with Gasteiger partial charge in [-0.25, -0.2) is 4.79 Å². The lowest BCUT2D eigenvalue weighted by atomic mass is 10.2. The van der Waals surface area contributed by atoms with Crippen LogP contribution >= 0.6 is 11.8 Å². The Labute approximate surface area is 145 Å². The van der Waals surface area contributed by atoms with Crippen LogP contribution in [0, 0.1) is 5.92 Å². The number of nitrogens with two attached hydrogens (primary N) is 1. The van der Waals surface area contributed by atoms with Gasteiger partial charge in [-0.05, 0) is 12.8 Å². The lowest BCUT2D eigenvalue weighted by molar-refractivity contribution is -0.119. The number of imide groups is 1. The molecule has 134 valence electrons.